The van der Waals surface area contributed by atoms with E-state index in [4.69, 9.17) is 27.9 Å². The van der Waals surface area contributed by atoms with Gasteiger partial charge in [0.05, 0.1) is 13.0 Å². The molecule has 3 nitrogen and oxygen atoms in total. The Hall–Kier alpha value is -1.19. The second kappa shape index (κ2) is 6.29. The van der Waals surface area contributed by atoms with Gasteiger partial charge in [0.15, 0.2) is 0 Å². The summed E-state index contributed by atoms with van der Waals surface area (Å²) in [6.45, 7) is 4.52. The molecule has 1 aliphatic rings. The quantitative estimate of drug-likeness (QED) is 0.890. The highest BCUT2D eigenvalue weighted by Crippen LogP contribution is 2.59. The number of ether oxygens (including phenoxy) is 1. The van der Waals surface area contributed by atoms with Crippen LogP contribution in [0.5, 0.6) is 5.75 Å². The smallest absolute Gasteiger partial charge is 0.224 e. The lowest BCUT2D eigenvalue weighted by Crippen LogP contribution is -2.26. The predicted molar refractivity (Wildman–Crippen MR) is 85.4 cm³/mol. The molecule has 1 aliphatic carbocycles. The number of rotatable bonds is 5. The minimum absolute atomic E-state index is 0.0155. The number of halogens is 2. The lowest BCUT2D eigenvalue weighted by Gasteiger charge is -2.10. The molecule has 1 saturated carbocycles. The van der Waals surface area contributed by atoms with Gasteiger partial charge in [-0.25, -0.2) is 0 Å². The third-order valence-electron chi connectivity index (χ3n) is 4.14. The summed E-state index contributed by atoms with van der Waals surface area (Å²) in [5.41, 5.74) is 0.842. The zero-order valence-corrected chi connectivity index (χ0v) is 13.8. The average Bonchev–Trinajstić information content (AvgIpc) is 2.96. The third-order valence-corrected chi connectivity index (χ3v) is 4.40. The molecular weight excluding hydrogens is 309 g/mol. The van der Waals surface area contributed by atoms with Gasteiger partial charge in [-0.3, -0.25) is 4.79 Å². The van der Waals surface area contributed by atoms with Gasteiger partial charge in [-0.05, 0) is 23.5 Å². The van der Waals surface area contributed by atoms with Crippen molar-refractivity contribution in [2.45, 2.75) is 20.4 Å². The Kier molecular flexibility index (Phi) is 4.84. The van der Waals surface area contributed by atoms with E-state index in [1.165, 1.54) is 0 Å². The monoisotopic (exact) mass is 327 g/mol. The Morgan fingerprint density at radius 1 is 1.38 bits per heavy atom. The maximum Gasteiger partial charge on any atom is 0.224 e. The van der Waals surface area contributed by atoms with Crippen LogP contribution in [0.4, 0.5) is 0 Å². The van der Waals surface area contributed by atoms with Crippen LogP contribution in [0.3, 0.4) is 0 Å². The summed E-state index contributed by atoms with van der Waals surface area (Å²) in [7, 11) is 1.62. The largest absolute Gasteiger partial charge is 0.496 e. The molecule has 2 atom stereocenters. The standard InChI is InChI=1S/C16H19Cl2NO2/c1-16(2)11(8-13(17)18)14(16)15(20)19-9-10-6-4-5-7-12(10)21-3/h4-8,11,14H,9H2,1-3H3,(H,19,20)/t11-,14-/m0/s1. The van der Waals surface area contributed by atoms with Gasteiger partial charge in [0.2, 0.25) is 5.91 Å². The molecule has 0 heterocycles. The van der Waals surface area contributed by atoms with Crippen LogP contribution in [-0.2, 0) is 11.3 Å². The van der Waals surface area contributed by atoms with Crippen LogP contribution < -0.4 is 10.1 Å². The summed E-state index contributed by atoms with van der Waals surface area (Å²) in [5.74, 6) is 0.773. The van der Waals surface area contributed by atoms with Crippen molar-refractivity contribution < 1.29 is 9.53 Å². The van der Waals surface area contributed by atoms with Crippen molar-refractivity contribution in [1.82, 2.24) is 5.32 Å². The SMILES string of the molecule is COc1ccccc1CNC(=O)[C@@H]1[C@H](C=C(Cl)Cl)C1(C)C. The number of hydrogen-bond acceptors (Lipinski definition) is 2. The molecule has 0 radical (unpaired) electrons. The fourth-order valence-corrected chi connectivity index (χ4v) is 3.04. The van der Waals surface area contributed by atoms with Crippen LogP contribution in [0, 0.1) is 17.3 Å². The molecule has 0 aliphatic heterocycles. The lowest BCUT2D eigenvalue weighted by atomic mass is 10.1. The first-order valence-corrected chi connectivity index (χ1v) is 7.56. The second-order valence-corrected chi connectivity index (χ2v) is 6.82. The first-order chi connectivity index (χ1) is 9.87. The number of hydrogen-bond donors (Lipinski definition) is 1. The molecule has 1 N–H and O–H groups in total. The lowest BCUT2D eigenvalue weighted by molar-refractivity contribution is -0.123. The third kappa shape index (κ3) is 3.53. The summed E-state index contributed by atoms with van der Waals surface area (Å²) in [6.07, 6.45) is 1.75. The number of amides is 1. The van der Waals surface area contributed by atoms with E-state index in [0.29, 0.717) is 6.54 Å². The zero-order valence-electron chi connectivity index (χ0n) is 12.3. The summed E-state index contributed by atoms with van der Waals surface area (Å²) in [6, 6.07) is 7.63. The molecule has 1 amide bonds. The first-order valence-electron chi connectivity index (χ1n) is 6.80. The molecule has 5 heteroatoms. The molecule has 21 heavy (non-hydrogen) atoms. The summed E-state index contributed by atoms with van der Waals surface area (Å²) >= 11 is 11.4. The fraction of sp³-hybridized carbons (Fsp3) is 0.438. The van der Waals surface area contributed by atoms with Gasteiger partial charge in [-0.1, -0.05) is 55.2 Å². The molecule has 1 aromatic carbocycles. The Morgan fingerprint density at radius 2 is 2.05 bits per heavy atom. The minimum atomic E-state index is -0.111. The molecule has 0 unspecified atom stereocenters. The van der Waals surface area contributed by atoms with Crippen molar-refractivity contribution in [1.29, 1.82) is 0 Å². The predicted octanol–water partition coefficient (Wildman–Crippen LogP) is 3.90. The van der Waals surface area contributed by atoms with Crippen LogP contribution in [-0.4, -0.2) is 13.0 Å². The van der Waals surface area contributed by atoms with Gasteiger partial charge in [-0.2, -0.15) is 0 Å². The van der Waals surface area contributed by atoms with Crippen molar-refractivity contribution in [3.05, 3.63) is 40.4 Å². The Morgan fingerprint density at radius 3 is 2.67 bits per heavy atom. The van der Waals surface area contributed by atoms with Gasteiger partial charge in [-0.15, -0.1) is 0 Å². The van der Waals surface area contributed by atoms with Gasteiger partial charge in [0.1, 0.15) is 10.2 Å². The van der Waals surface area contributed by atoms with E-state index in [1.54, 1.807) is 13.2 Å². The Balaban J connectivity index is 1.99. The van der Waals surface area contributed by atoms with E-state index in [9.17, 15) is 4.79 Å². The summed E-state index contributed by atoms with van der Waals surface area (Å²) < 4.78 is 5.49. The average molecular weight is 328 g/mol. The van der Waals surface area contributed by atoms with E-state index in [0.717, 1.165) is 11.3 Å². The topological polar surface area (TPSA) is 38.3 Å². The molecule has 0 bridgehead atoms. The van der Waals surface area contributed by atoms with Crippen molar-refractivity contribution in [3.8, 4) is 5.75 Å². The Bertz CT molecular complexity index is 565. The molecule has 1 fully saturated rings. The van der Waals surface area contributed by atoms with Gasteiger partial charge in [0, 0.05) is 12.1 Å². The molecular formula is C16H19Cl2NO2. The summed E-state index contributed by atoms with van der Waals surface area (Å²) in [5, 5.41) is 2.96. The molecule has 0 aromatic heterocycles. The van der Waals surface area contributed by atoms with Crippen LogP contribution >= 0.6 is 23.2 Å². The van der Waals surface area contributed by atoms with Crippen LogP contribution in [0.15, 0.2) is 34.8 Å². The maximum atomic E-state index is 12.3. The van der Waals surface area contributed by atoms with E-state index in [2.05, 4.69) is 5.32 Å². The first kappa shape index (κ1) is 16.2. The highest BCUT2D eigenvalue weighted by atomic mass is 35.5. The molecule has 0 spiro atoms. The number of benzene rings is 1. The van der Waals surface area contributed by atoms with E-state index < -0.39 is 0 Å². The molecule has 1 aromatic rings. The van der Waals surface area contributed by atoms with Crippen molar-refractivity contribution in [2.24, 2.45) is 17.3 Å². The normalized spacial score (nSPS) is 22.3. The van der Waals surface area contributed by atoms with Crippen LogP contribution in [0.1, 0.15) is 19.4 Å². The van der Waals surface area contributed by atoms with E-state index >= 15 is 0 Å². The van der Waals surface area contributed by atoms with Crippen LogP contribution in [0.2, 0.25) is 0 Å². The molecule has 0 saturated heterocycles. The Labute approximate surface area is 135 Å². The zero-order chi connectivity index (χ0) is 15.6. The highest BCUT2D eigenvalue weighted by molar-refractivity contribution is 6.55. The maximum absolute atomic E-state index is 12.3. The van der Waals surface area contributed by atoms with Crippen molar-refractivity contribution in [2.75, 3.05) is 7.11 Å². The number of methoxy groups -OCH3 is 1. The molecule has 114 valence electrons. The summed E-state index contributed by atoms with van der Waals surface area (Å²) in [4.78, 5) is 12.3. The second-order valence-electron chi connectivity index (χ2n) is 5.81. The van der Waals surface area contributed by atoms with Gasteiger partial charge >= 0.3 is 0 Å². The van der Waals surface area contributed by atoms with E-state index in [1.807, 2.05) is 38.1 Å². The number of carbonyl (C=O) groups excluding carboxylic acids is 1. The number of para-hydroxylation sites is 1. The van der Waals surface area contributed by atoms with E-state index in [-0.39, 0.29) is 27.6 Å². The van der Waals surface area contributed by atoms with Crippen molar-refractivity contribution in [3.63, 3.8) is 0 Å². The molecule has 2 rings (SSSR count). The highest BCUT2D eigenvalue weighted by Gasteiger charge is 2.60. The minimum Gasteiger partial charge on any atom is -0.496 e. The van der Waals surface area contributed by atoms with Crippen LogP contribution in [0.25, 0.3) is 0 Å². The van der Waals surface area contributed by atoms with Gasteiger partial charge in [0.25, 0.3) is 0 Å². The number of allylic oxidation sites excluding steroid dienone is 1. The number of nitrogens with one attached hydrogen (secondary N) is 1. The fourth-order valence-electron chi connectivity index (χ4n) is 2.77. The van der Waals surface area contributed by atoms with Crippen molar-refractivity contribution >= 4 is 29.1 Å². The number of carbonyl (C=O) groups is 1. The van der Waals surface area contributed by atoms with Gasteiger partial charge < -0.3 is 10.1 Å².